The van der Waals surface area contributed by atoms with Crippen molar-refractivity contribution in [2.45, 2.75) is 50.6 Å². The number of rotatable bonds is 2. The molecule has 0 spiro atoms. The first kappa shape index (κ1) is 13.8. The van der Waals surface area contributed by atoms with Gasteiger partial charge in [-0.25, -0.2) is 0 Å². The van der Waals surface area contributed by atoms with E-state index in [4.69, 9.17) is 0 Å². The van der Waals surface area contributed by atoms with Gasteiger partial charge in [0.2, 0.25) is 5.91 Å². The molecule has 2 aliphatic rings. The fourth-order valence-corrected chi connectivity index (χ4v) is 3.04. The maximum absolute atomic E-state index is 12.5. The molecule has 18 heavy (non-hydrogen) atoms. The lowest BCUT2D eigenvalue weighted by Gasteiger charge is -2.37. The highest BCUT2D eigenvalue weighted by atomic mass is 16.2. The molecule has 4 nitrogen and oxygen atoms in total. The Morgan fingerprint density at radius 3 is 2.78 bits per heavy atom. The van der Waals surface area contributed by atoms with Crippen LogP contribution in [0.25, 0.3) is 0 Å². The van der Waals surface area contributed by atoms with Crippen molar-refractivity contribution in [1.82, 2.24) is 15.1 Å². The quantitative estimate of drug-likeness (QED) is 0.799. The van der Waals surface area contributed by atoms with Crippen LogP contribution < -0.4 is 5.32 Å². The summed E-state index contributed by atoms with van der Waals surface area (Å²) >= 11 is 0. The number of hydrogen-bond acceptors (Lipinski definition) is 3. The first-order chi connectivity index (χ1) is 8.68. The van der Waals surface area contributed by atoms with Crippen LogP contribution in [0.5, 0.6) is 0 Å². The molecule has 104 valence electrons. The number of nitrogens with one attached hydrogen (secondary N) is 1. The van der Waals surface area contributed by atoms with Crippen LogP contribution in [0.1, 0.15) is 38.5 Å². The van der Waals surface area contributed by atoms with Gasteiger partial charge < -0.3 is 15.1 Å². The van der Waals surface area contributed by atoms with Gasteiger partial charge in [-0.1, -0.05) is 12.8 Å². The molecule has 1 amide bonds. The van der Waals surface area contributed by atoms with Gasteiger partial charge in [-0.3, -0.25) is 4.79 Å². The lowest BCUT2D eigenvalue weighted by atomic mass is 10.0. The molecule has 2 heterocycles. The molecule has 2 saturated heterocycles. The van der Waals surface area contributed by atoms with E-state index in [1.54, 1.807) is 0 Å². The number of amides is 1. The van der Waals surface area contributed by atoms with Crippen molar-refractivity contribution in [2.24, 2.45) is 0 Å². The topological polar surface area (TPSA) is 35.6 Å². The zero-order chi connectivity index (χ0) is 13.0. The van der Waals surface area contributed by atoms with Crippen LogP contribution in [0.3, 0.4) is 0 Å². The molecule has 1 N–H and O–H groups in total. The minimum atomic E-state index is 0.0772. The second kappa shape index (κ2) is 6.53. The summed E-state index contributed by atoms with van der Waals surface area (Å²) in [5, 5.41) is 3.42. The van der Waals surface area contributed by atoms with Crippen molar-refractivity contribution in [3.63, 3.8) is 0 Å². The van der Waals surface area contributed by atoms with Crippen molar-refractivity contribution >= 4 is 5.91 Å². The van der Waals surface area contributed by atoms with Gasteiger partial charge >= 0.3 is 0 Å². The van der Waals surface area contributed by atoms with Crippen LogP contribution in [0.2, 0.25) is 0 Å². The molecule has 0 aromatic rings. The van der Waals surface area contributed by atoms with E-state index in [2.05, 4.69) is 29.2 Å². The molecule has 2 fully saturated rings. The fraction of sp³-hybridized carbons (Fsp3) is 0.929. The van der Waals surface area contributed by atoms with E-state index in [0.717, 1.165) is 32.5 Å². The third-order valence-electron chi connectivity index (χ3n) is 4.30. The Labute approximate surface area is 111 Å². The van der Waals surface area contributed by atoms with Crippen LogP contribution >= 0.6 is 0 Å². The Kier molecular flexibility index (Phi) is 5.01. The number of hydrogen-bond donors (Lipinski definition) is 1. The molecule has 2 atom stereocenters. The highest BCUT2D eigenvalue weighted by Crippen LogP contribution is 2.17. The summed E-state index contributed by atoms with van der Waals surface area (Å²) in [6.45, 7) is 2.85. The normalized spacial score (nSPS) is 30.3. The van der Waals surface area contributed by atoms with Gasteiger partial charge in [0, 0.05) is 19.1 Å². The standard InChI is InChI=1S/C14H27N3O/c1-16(2)12-7-6-10-17(11-12)14(18)13-8-4-3-5-9-15-13/h12-13,15H,3-11H2,1-2H3. The zero-order valence-corrected chi connectivity index (χ0v) is 11.8. The van der Waals surface area contributed by atoms with E-state index in [-0.39, 0.29) is 6.04 Å². The average molecular weight is 253 g/mol. The monoisotopic (exact) mass is 253 g/mol. The molecule has 0 aromatic heterocycles. The first-order valence-corrected chi connectivity index (χ1v) is 7.37. The number of carbonyl (C=O) groups excluding carboxylic acids is 1. The third-order valence-corrected chi connectivity index (χ3v) is 4.30. The molecular formula is C14H27N3O. The maximum Gasteiger partial charge on any atom is 0.239 e. The molecule has 0 saturated carbocycles. The average Bonchev–Trinajstić information content (AvgIpc) is 2.67. The molecule has 2 rings (SSSR count). The smallest absolute Gasteiger partial charge is 0.239 e. The number of likely N-dealkylation sites (tertiary alicyclic amines) is 1. The Morgan fingerprint density at radius 1 is 1.17 bits per heavy atom. The summed E-state index contributed by atoms with van der Waals surface area (Å²) in [6.07, 6.45) is 7.04. The maximum atomic E-state index is 12.5. The van der Waals surface area contributed by atoms with Gasteiger partial charge in [0.15, 0.2) is 0 Å². The largest absolute Gasteiger partial charge is 0.340 e. The number of likely N-dealkylation sites (N-methyl/N-ethyl adjacent to an activating group) is 1. The predicted molar refractivity (Wildman–Crippen MR) is 73.5 cm³/mol. The third kappa shape index (κ3) is 3.45. The van der Waals surface area contributed by atoms with E-state index >= 15 is 0 Å². The van der Waals surface area contributed by atoms with E-state index < -0.39 is 0 Å². The lowest BCUT2D eigenvalue weighted by Crippen LogP contribution is -2.53. The van der Waals surface area contributed by atoms with Crippen LogP contribution in [-0.4, -0.2) is 61.5 Å². The van der Waals surface area contributed by atoms with Crippen LogP contribution in [0.4, 0.5) is 0 Å². The summed E-state index contributed by atoms with van der Waals surface area (Å²) in [7, 11) is 4.23. The Morgan fingerprint density at radius 2 is 2.00 bits per heavy atom. The predicted octanol–water partition coefficient (Wildman–Crippen LogP) is 1.07. The number of piperidine rings is 1. The van der Waals surface area contributed by atoms with Gasteiger partial charge in [0.1, 0.15) is 0 Å². The Bertz CT molecular complexity index is 272. The fourth-order valence-electron chi connectivity index (χ4n) is 3.04. The van der Waals surface area contributed by atoms with Crippen molar-refractivity contribution in [3.05, 3.63) is 0 Å². The van der Waals surface area contributed by atoms with Gasteiger partial charge in [-0.15, -0.1) is 0 Å². The van der Waals surface area contributed by atoms with Crippen LogP contribution in [-0.2, 0) is 4.79 Å². The SMILES string of the molecule is CN(C)C1CCCN(C(=O)C2CCCCCN2)C1. The Hall–Kier alpha value is -0.610. The summed E-state index contributed by atoms with van der Waals surface area (Å²) < 4.78 is 0. The molecule has 0 bridgehead atoms. The van der Waals surface area contributed by atoms with Gasteiger partial charge in [0.05, 0.1) is 6.04 Å². The molecule has 0 radical (unpaired) electrons. The Balaban J connectivity index is 1.90. The van der Waals surface area contributed by atoms with Gasteiger partial charge in [-0.05, 0) is 46.3 Å². The van der Waals surface area contributed by atoms with E-state index in [1.165, 1.54) is 25.7 Å². The molecular weight excluding hydrogens is 226 g/mol. The highest BCUT2D eigenvalue weighted by molar-refractivity contribution is 5.82. The van der Waals surface area contributed by atoms with Gasteiger partial charge in [0.25, 0.3) is 0 Å². The minimum Gasteiger partial charge on any atom is -0.340 e. The molecule has 4 heteroatoms. The van der Waals surface area contributed by atoms with Crippen molar-refractivity contribution in [3.8, 4) is 0 Å². The summed E-state index contributed by atoms with van der Waals surface area (Å²) in [4.78, 5) is 16.8. The van der Waals surface area contributed by atoms with Gasteiger partial charge in [-0.2, -0.15) is 0 Å². The summed E-state index contributed by atoms with van der Waals surface area (Å²) in [6, 6.07) is 0.613. The van der Waals surface area contributed by atoms with Crippen molar-refractivity contribution in [2.75, 3.05) is 33.7 Å². The summed E-state index contributed by atoms with van der Waals surface area (Å²) in [5.41, 5.74) is 0. The van der Waals surface area contributed by atoms with Crippen LogP contribution in [0.15, 0.2) is 0 Å². The second-order valence-electron chi connectivity index (χ2n) is 5.90. The molecule has 2 unspecified atom stereocenters. The van der Waals surface area contributed by atoms with Crippen LogP contribution in [0, 0.1) is 0 Å². The highest BCUT2D eigenvalue weighted by Gasteiger charge is 2.29. The van der Waals surface area contributed by atoms with Crippen molar-refractivity contribution in [1.29, 1.82) is 0 Å². The van der Waals surface area contributed by atoms with E-state index in [9.17, 15) is 4.79 Å². The molecule has 0 aromatic carbocycles. The van der Waals surface area contributed by atoms with E-state index in [1.807, 2.05) is 0 Å². The summed E-state index contributed by atoms with van der Waals surface area (Å²) in [5.74, 6) is 0.337. The molecule has 0 aliphatic carbocycles. The number of carbonyl (C=O) groups is 1. The number of nitrogens with zero attached hydrogens (tertiary/aromatic N) is 2. The van der Waals surface area contributed by atoms with Crippen molar-refractivity contribution < 1.29 is 4.79 Å². The zero-order valence-electron chi connectivity index (χ0n) is 11.8. The second-order valence-corrected chi connectivity index (χ2v) is 5.90. The lowest BCUT2D eigenvalue weighted by molar-refractivity contribution is -0.135. The molecule has 2 aliphatic heterocycles. The minimum absolute atomic E-state index is 0.0772. The first-order valence-electron chi connectivity index (χ1n) is 7.37. The van der Waals surface area contributed by atoms with E-state index in [0.29, 0.717) is 11.9 Å².